The van der Waals surface area contributed by atoms with Crippen molar-refractivity contribution in [3.8, 4) is 10.8 Å². The molecular weight excluding hydrogens is 350 g/mol. The maximum atomic E-state index is 12.4. The number of hydrogen-bond donors (Lipinski definition) is 1. The van der Waals surface area contributed by atoms with Gasteiger partial charge in [-0.25, -0.2) is 15.0 Å². The zero-order valence-electron chi connectivity index (χ0n) is 15.1. The van der Waals surface area contributed by atoms with Crippen molar-refractivity contribution in [3.05, 3.63) is 29.0 Å². The number of aromatic nitrogens is 3. The lowest BCUT2D eigenvalue weighted by molar-refractivity contribution is -0.132. The molecule has 7 nitrogen and oxygen atoms in total. The third-order valence-corrected chi connectivity index (χ3v) is 5.55. The quantitative estimate of drug-likeness (QED) is 0.869. The summed E-state index contributed by atoms with van der Waals surface area (Å²) in [4.78, 5) is 39.8. The Morgan fingerprint density at radius 3 is 2.85 bits per heavy atom. The first-order valence-electron chi connectivity index (χ1n) is 8.85. The van der Waals surface area contributed by atoms with Crippen LogP contribution in [0.3, 0.4) is 0 Å². The number of piperidine rings is 1. The summed E-state index contributed by atoms with van der Waals surface area (Å²) in [5.41, 5.74) is 0.645. The van der Waals surface area contributed by atoms with Crippen LogP contribution in [0.25, 0.3) is 10.8 Å². The molecule has 1 atom stereocenters. The van der Waals surface area contributed by atoms with Gasteiger partial charge in [0, 0.05) is 38.4 Å². The molecule has 2 aromatic rings. The Labute approximate surface area is 156 Å². The van der Waals surface area contributed by atoms with Crippen LogP contribution in [0.15, 0.2) is 18.5 Å². The molecule has 8 heteroatoms. The van der Waals surface area contributed by atoms with Crippen LogP contribution in [0.5, 0.6) is 0 Å². The van der Waals surface area contributed by atoms with Crippen LogP contribution in [0, 0.1) is 12.8 Å². The minimum Gasteiger partial charge on any atom is -0.351 e. The van der Waals surface area contributed by atoms with Crippen molar-refractivity contribution in [3.63, 3.8) is 0 Å². The van der Waals surface area contributed by atoms with E-state index in [-0.39, 0.29) is 11.8 Å². The fourth-order valence-electron chi connectivity index (χ4n) is 3.05. The summed E-state index contributed by atoms with van der Waals surface area (Å²) in [6.07, 6.45) is 5.85. The minimum absolute atomic E-state index is 0.108. The third kappa shape index (κ3) is 4.43. The molecule has 2 aromatic heterocycles. The van der Waals surface area contributed by atoms with Crippen LogP contribution in [-0.2, 0) is 4.79 Å². The smallest absolute Gasteiger partial charge is 0.263 e. The average molecular weight is 373 g/mol. The van der Waals surface area contributed by atoms with Crippen molar-refractivity contribution in [2.24, 2.45) is 5.92 Å². The van der Waals surface area contributed by atoms with E-state index in [1.54, 1.807) is 25.4 Å². The number of likely N-dealkylation sites (tertiary alicyclic amines) is 1. The normalized spacial score (nSPS) is 17.2. The molecule has 1 N–H and O–H groups in total. The number of nitrogens with zero attached hydrogens (tertiary/aromatic N) is 4. The first-order chi connectivity index (χ1) is 12.5. The number of nitrogens with one attached hydrogen (secondary N) is 1. The minimum atomic E-state index is -0.206. The highest BCUT2D eigenvalue weighted by Crippen LogP contribution is 2.25. The number of amides is 2. The Morgan fingerprint density at radius 2 is 2.12 bits per heavy atom. The van der Waals surface area contributed by atoms with Gasteiger partial charge in [-0.1, -0.05) is 6.92 Å². The number of hydrogen-bond acceptors (Lipinski definition) is 6. The second-order valence-corrected chi connectivity index (χ2v) is 7.60. The zero-order chi connectivity index (χ0) is 18.5. The summed E-state index contributed by atoms with van der Waals surface area (Å²) in [7, 11) is 0. The van der Waals surface area contributed by atoms with Crippen molar-refractivity contribution in [2.75, 3.05) is 19.6 Å². The van der Waals surface area contributed by atoms with Gasteiger partial charge in [0.2, 0.25) is 5.91 Å². The molecule has 1 unspecified atom stereocenters. The van der Waals surface area contributed by atoms with Gasteiger partial charge in [-0.05, 0) is 31.7 Å². The summed E-state index contributed by atoms with van der Waals surface area (Å²) < 4.78 is 0. The molecule has 1 aliphatic heterocycles. The third-order valence-electron chi connectivity index (χ3n) is 4.39. The van der Waals surface area contributed by atoms with E-state index in [1.807, 2.05) is 4.90 Å². The Hall–Kier alpha value is -2.35. The SMILES string of the molecule is Cc1nc(-c2ncccn2)sc1C(=O)NCCC(=O)N1CCCC(C)C1. The van der Waals surface area contributed by atoms with E-state index >= 15 is 0 Å². The van der Waals surface area contributed by atoms with Crippen molar-refractivity contribution in [1.82, 2.24) is 25.2 Å². The Kier molecular flexibility index (Phi) is 5.92. The molecule has 0 spiro atoms. The molecule has 0 saturated carbocycles. The zero-order valence-corrected chi connectivity index (χ0v) is 15.9. The maximum absolute atomic E-state index is 12.4. The van der Waals surface area contributed by atoms with Gasteiger partial charge in [0.15, 0.2) is 10.8 Å². The molecule has 0 aromatic carbocycles. The molecule has 3 heterocycles. The number of carbonyl (C=O) groups is 2. The van der Waals surface area contributed by atoms with Gasteiger partial charge >= 0.3 is 0 Å². The highest BCUT2D eigenvalue weighted by molar-refractivity contribution is 7.17. The highest BCUT2D eigenvalue weighted by Gasteiger charge is 2.21. The van der Waals surface area contributed by atoms with Gasteiger partial charge in [0.1, 0.15) is 4.88 Å². The van der Waals surface area contributed by atoms with E-state index < -0.39 is 0 Å². The molecule has 1 saturated heterocycles. The van der Waals surface area contributed by atoms with Gasteiger partial charge in [0.25, 0.3) is 5.91 Å². The van der Waals surface area contributed by atoms with E-state index in [1.165, 1.54) is 17.8 Å². The Balaban J connectivity index is 1.54. The lowest BCUT2D eigenvalue weighted by Crippen LogP contribution is -2.40. The van der Waals surface area contributed by atoms with Crippen molar-refractivity contribution in [1.29, 1.82) is 0 Å². The Morgan fingerprint density at radius 1 is 1.35 bits per heavy atom. The first kappa shape index (κ1) is 18.4. The summed E-state index contributed by atoms with van der Waals surface area (Å²) in [5, 5.41) is 3.45. The van der Waals surface area contributed by atoms with E-state index in [2.05, 4.69) is 27.2 Å². The van der Waals surface area contributed by atoms with Gasteiger partial charge in [-0.2, -0.15) is 0 Å². The monoisotopic (exact) mass is 373 g/mol. The predicted octanol–water partition coefficient (Wildman–Crippen LogP) is 2.29. The van der Waals surface area contributed by atoms with Crippen molar-refractivity contribution < 1.29 is 9.59 Å². The van der Waals surface area contributed by atoms with Gasteiger partial charge in [-0.15, -0.1) is 11.3 Å². The molecule has 26 heavy (non-hydrogen) atoms. The van der Waals surface area contributed by atoms with E-state index in [0.717, 1.165) is 19.5 Å². The topological polar surface area (TPSA) is 88.1 Å². The molecule has 2 amide bonds. The second kappa shape index (κ2) is 8.35. The molecule has 0 bridgehead atoms. The Bertz CT molecular complexity index is 777. The molecule has 1 fully saturated rings. The highest BCUT2D eigenvalue weighted by atomic mass is 32.1. The van der Waals surface area contributed by atoms with Crippen LogP contribution >= 0.6 is 11.3 Å². The summed E-state index contributed by atoms with van der Waals surface area (Å²) >= 11 is 1.26. The van der Waals surface area contributed by atoms with Crippen LogP contribution in [0.2, 0.25) is 0 Å². The molecule has 0 radical (unpaired) electrons. The van der Waals surface area contributed by atoms with Crippen LogP contribution in [0.4, 0.5) is 0 Å². The summed E-state index contributed by atoms with van der Waals surface area (Å²) in [6.45, 7) is 5.93. The number of rotatable bonds is 5. The maximum Gasteiger partial charge on any atom is 0.263 e. The number of thiazole rings is 1. The molecule has 1 aliphatic rings. The summed E-state index contributed by atoms with van der Waals surface area (Å²) in [5.74, 6) is 0.966. The van der Waals surface area contributed by atoms with Crippen LogP contribution in [0.1, 0.15) is 41.6 Å². The van der Waals surface area contributed by atoms with E-state index in [4.69, 9.17) is 0 Å². The van der Waals surface area contributed by atoms with E-state index in [0.29, 0.717) is 40.3 Å². The average Bonchev–Trinajstić information content (AvgIpc) is 3.04. The molecule has 138 valence electrons. The van der Waals surface area contributed by atoms with Crippen LogP contribution < -0.4 is 5.32 Å². The summed E-state index contributed by atoms with van der Waals surface area (Å²) in [6, 6.07) is 1.73. The number of carbonyl (C=O) groups excluding carboxylic acids is 2. The second-order valence-electron chi connectivity index (χ2n) is 6.60. The standard InChI is InChI=1S/C18H23N5O2S/c1-12-5-3-10-23(11-12)14(24)6-9-21-17(25)15-13(2)22-18(26-15)16-19-7-4-8-20-16/h4,7-8,12H,3,5-6,9-11H2,1-2H3,(H,21,25). The lowest BCUT2D eigenvalue weighted by Gasteiger charge is -2.31. The fraction of sp³-hybridized carbons (Fsp3) is 0.500. The largest absolute Gasteiger partial charge is 0.351 e. The lowest BCUT2D eigenvalue weighted by atomic mass is 10.00. The van der Waals surface area contributed by atoms with Crippen LogP contribution in [-0.4, -0.2) is 51.3 Å². The fourth-order valence-corrected chi connectivity index (χ4v) is 3.98. The van der Waals surface area contributed by atoms with Gasteiger partial charge < -0.3 is 10.2 Å². The van der Waals surface area contributed by atoms with Gasteiger partial charge in [0.05, 0.1) is 5.69 Å². The first-order valence-corrected chi connectivity index (χ1v) is 9.67. The molecule has 3 rings (SSSR count). The van der Waals surface area contributed by atoms with E-state index in [9.17, 15) is 9.59 Å². The predicted molar refractivity (Wildman–Crippen MR) is 99.8 cm³/mol. The van der Waals surface area contributed by atoms with Crippen molar-refractivity contribution in [2.45, 2.75) is 33.1 Å². The molecular formula is C18H23N5O2S. The molecule has 0 aliphatic carbocycles. The van der Waals surface area contributed by atoms with Gasteiger partial charge in [-0.3, -0.25) is 9.59 Å². The number of aryl methyl sites for hydroxylation is 1. The van der Waals surface area contributed by atoms with Crippen molar-refractivity contribution >= 4 is 23.2 Å².